The number of nitrogens with zero attached hydrogens (tertiary/aromatic N) is 1. The summed E-state index contributed by atoms with van der Waals surface area (Å²) in [6, 6.07) is 12.8. The molecular formula is C16H16N2O2S. The molecular weight excluding hydrogens is 284 g/mol. The van der Waals surface area contributed by atoms with Gasteiger partial charge in [0.15, 0.2) is 0 Å². The summed E-state index contributed by atoms with van der Waals surface area (Å²) in [6.07, 6.45) is 0.298. The number of rotatable bonds is 6. The molecule has 2 rings (SSSR count). The molecule has 2 aromatic rings. The molecule has 0 fully saturated rings. The summed E-state index contributed by atoms with van der Waals surface area (Å²) in [6.45, 7) is 2.25. The highest BCUT2D eigenvalue weighted by molar-refractivity contribution is 7.09. The number of carbonyl (C=O) groups excluding carboxylic acids is 1. The third-order valence-electron chi connectivity index (χ3n) is 2.95. The van der Waals surface area contributed by atoms with Crippen molar-refractivity contribution in [2.24, 2.45) is 0 Å². The lowest BCUT2D eigenvalue weighted by atomic mass is 10.2. The van der Waals surface area contributed by atoms with Crippen LogP contribution in [0.2, 0.25) is 0 Å². The molecule has 1 heterocycles. The third-order valence-corrected chi connectivity index (χ3v) is 3.88. The van der Waals surface area contributed by atoms with Gasteiger partial charge in [0.25, 0.3) is 5.91 Å². The Morgan fingerprint density at radius 3 is 2.76 bits per heavy atom. The van der Waals surface area contributed by atoms with E-state index in [1.807, 2.05) is 17.5 Å². The Morgan fingerprint density at radius 2 is 2.14 bits per heavy atom. The van der Waals surface area contributed by atoms with Crippen molar-refractivity contribution in [3.05, 3.63) is 52.2 Å². The molecule has 1 amide bonds. The second kappa shape index (κ2) is 7.58. The summed E-state index contributed by atoms with van der Waals surface area (Å²) in [4.78, 5) is 13.2. The largest absolute Gasteiger partial charge is 0.368 e. The molecule has 0 aliphatic rings. The number of anilines is 1. The third kappa shape index (κ3) is 4.71. The predicted octanol–water partition coefficient (Wildman–Crippen LogP) is 3.21. The molecule has 4 nitrogen and oxygen atoms in total. The number of amides is 1. The maximum absolute atomic E-state index is 12.0. The maximum Gasteiger partial charge on any atom is 0.253 e. The molecule has 0 radical (unpaired) electrons. The van der Waals surface area contributed by atoms with Gasteiger partial charge in [0, 0.05) is 17.0 Å². The normalized spacial score (nSPS) is 11.6. The minimum absolute atomic E-state index is 0.189. The van der Waals surface area contributed by atoms with Crippen molar-refractivity contribution in [2.75, 3.05) is 11.9 Å². The van der Waals surface area contributed by atoms with Gasteiger partial charge in [-0.1, -0.05) is 6.07 Å². The van der Waals surface area contributed by atoms with E-state index in [0.717, 1.165) is 6.42 Å². The number of hydrogen-bond acceptors (Lipinski definition) is 4. The van der Waals surface area contributed by atoms with Gasteiger partial charge in [0.1, 0.15) is 6.10 Å². The van der Waals surface area contributed by atoms with Gasteiger partial charge >= 0.3 is 0 Å². The molecule has 1 aromatic carbocycles. The van der Waals surface area contributed by atoms with Crippen LogP contribution in [0.3, 0.4) is 0 Å². The zero-order chi connectivity index (χ0) is 15.1. The van der Waals surface area contributed by atoms with Crippen molar-refractivity contribution in [3.63, 3.8) is 0 Å². The molecule has 0 saturated heterocycles. The first-order valence-corrected chi connectivity index (χ1v) is 7.52. The molecule has 0 saturated carbocycles. The molecule has 1 N–H and O–H groups in total. The van der Waals surface area contributed by atoms with E-state index in [2.05, 4.69) is 11.4 Å². The number of benzene rings is 1. The van der Waals surface area contributed by atoms with Crippen LogP contribution < -0.4 is 5.32 Å². The topological polar surface area (TPSA) is 62.1 Å². The van der Waals surface area contributed by atoms with E-state index in [9.17, 15) is 4.79 Å². The van der Waals surface area contributed by atoms with Crippen molar-refractivity contribution < 1.29 is 9.53 Å². The molecule has 0 bridgehead atoms. The lowest BCUT2D eigenvalue weighted by Gasteiger charge is -2.13. The van der Waals surface area contributed by atoms with Gasteiger partial charge in [-0.3, -0.25) is 4.79 Å². The van der Waals surface area contributed by atoms with Gasteiger partial charge in [0.05, 0.1) is 18.2 Å². The second-order valence-electron chi connectivity index (χ2n) is 4.52. The summed E-state index contributed by atoms with van der Waals surface area (Å²) < 4.78 is 5.54. The molecule has 1 atom stereocenters. The Balaban J connectivity index is 1.77. The molecule has 108 valence electrons. The number of nitriles is 1. The first-order chi connectivity index (χ1) is 10.2. The standard InChI is InChI=1S/C16H16N2O2S/c1-12(20-9-8-15-3-2-10-21-15)16(19)18-14-6-4-13(11-17)5-7-14/h2-7,10,12H,8-9H2,1H3,(H,18,19). The average Bonchev–Trinajstić information content (AvgIpc) is 3.01. The number of ether oxygens (including phenoxy) is 1. The van der Waals surface area contributed by atoms with Crippen LogP contribution in [-0.2, 0) is 16.0 Å². The van der Waals surface area contributed by atoms with E-state index in [1.165, 1.54) is 4.88 Å². The van der Waals surface area contributed by atoms with Crippen LogP contribution in [0.5, 0.6) is 0 Å². The summed E-state index contributed by atoms with van der Waals surface area (Å²) in [7, 11) is 0. The number of nitrogens with one attached hydrogen (secondary N) is 1. The minimum atomic E-state index is -0.513. The van der Waals surface area contributed by atoms with E-state index in [0.29, 0.717) is 17.9 Å². The van der Waals surface area contributed by atoms with E-state index >= 15 is 0 Å². The van der Waals surface area contributed by atoms with E-state index in [-0.39, 0.29) is 5.91 Å². The SMILES string of the molecule is CC(OCCc1cccs1)C(=O)Nc1ccc(C#N)cc1. The second-order valence-corrected chi connectivity index (χ2v) is 5.55. The molecule has 0 aliphatic carbocycles. The molecule has 21 heavy (non-hydrogen) atoms. The van der Waals surface area contributed by atoms with E-state index in [4.69, 9.17) is 10.00 Å². The molecule has 1 unspecified atom stereocenters. The highest BCUT2D eigenvalue weighted by Gasteiger charge is 2.13. The van der Waals surface area contributed by atoms with E-state index in [1.54, 1.807) is 42.5 Å². The van der Waals surface area contributed by atoms with Gasteiger partial charge in [-0.05, 0) is 42.6 Å². The lowest BCUT2D eigenvalue weighted by molar-refractivity contribution is -0.126. The van der Waals surface area contributed by atoms with Crippen LogP contribution in [0.1, 0.15) is 17.4 Å². The quantitative estimate of drug-likeness (QED) is 0.891. The van der Waals surface area contributed by atoms with Crippen LogP contribution in [0.4, 0.5) is 5.69 Å². The summed E-state index contributed by atoms with van der Waals surface area (Å²) in [5, 5.41) is 13.5. The smallest absolute Gasteiger partial charge is 0.253 e. The molecule has 5 heteroatoms. The zero-order valence-electron chi connectivity index (χ0n) is 11.7. The Morgan fingerprint density at radius 1 is 1.38 bits per heavy atom. The van der Waals surface area contributed by atoms with Crippen LogP contribution >= 0.6 is 11.3 Å². The van der Waals surface area contributed by atoms with Gasteiger partial charge in [-0.25, -0.2) is 0 Å². The average molecular weight is 300 g/mol. The zero-order valence-corrected chi connectivity index (χ0v) is 12.5. The van der Waals surface area contributed by atoms with Gasteiger partial charge in [-0.15, -0.1) is 11.3 Å². The molecule has 0 aliphatic heterocycles. The van der Waals surface area contributed by atoms with Crippen LogP contribution in [0, 0.1) is 11.3 Å². The van der Waals surface area contributed by atoms with Crippen LogP contribution in [0.25, 0.3) is 0 Å². The Kier molecular flexibility index (Phi) is 5.50. The van der Waals surface area contributed by atoms with Crippen LogP contribution in [-0.4, -0.2) is 18.6 Å². The monoisotopic (exact) mass is 300 g/mol. The number of carbonyl (C=O) groups is 1. The van der Waals surface area contributed by atoms with Gasteiger partial charge in [-0.2, -0.15) is 5.26 Å². The highest BCUT2D eigenvalue weighted by Crippen LogP contribution is 2.11. The summed E-state index contributed by atoms with van der Waals surface area (Å²) in [5.74, 6) is -0.189. The van der Waals surface area contributed by atoms with Crippen molar-refractivity contribution in [1.82, 2.24) is 0 Å². The predicted molar refractivity (Wildman–Crippen MR) is 83.2 cm³/mol. The highest BCUT2D eigenvalue weighted by atomic mass is 32.1. The van der Waals surface area contributed by atoms with E-state index < -0.39 is 6.10 Å². The lowest BCUT2D eigenvalue weighted by Crippen LogP contribution is -2.28. The fraction of sp³-hybridized carbons (Fsp3) is 0.250. The minimum Gasteiger partial charge on any atom is -0.368 e. The summed E-state index contributed by atoms with van der Waals surface area (Å²) >= 11 is 1.68. The number of thiophene rings is 1. The fourth-order valence-electron chi connectivity index (χ4n) is 1.74. The summed E-state index contributed by atoms with van der Waals surface area (Å²) in [5.41, 5.74) is 1.22. The van der Waals surface area contributed by atoms with Crippen molar-refractivity contribution in [3.8, 4) is 6.07 Å². The fourth-order valence-corrected chi connectivity index (χ4v) is 2.43. The van der Waals surface area contributed by atoms with Crippen molar-refractivity contribution in [1.29, 1.82) is 5.26 Å². The van der Waals surface area contributed by atoms with Crippen molar-refractivity contribution >= 4 is 22.9 Å². The Hall–Kier alpha value is -2.16. The Labute approximate surface area is 128 Å². The van der Waals surface area contributed by atoms with Gasteiger partial charge in [0.2, 0.25) is 0 Å². The first-order valence-electron chi connectivity index (χ1n) is 6.64. The number of hydrogen-bond donors (Lipinski definition) is 1. The van der Waals surface area contributed by atoms with Gasteiger partial charge < -0.3 is 10.1 Å². The maximum atomic E-state index is 12.0. The molecule has 0 spiro atoms. The molecule has 1 aromatic heterocycles. The first kappa shape index (κ1) is 15.2. The van der Waals surface area contributed by atoms with Crippen LogP contribution in [0.15, 0.2) is 41.8 Å². The Bertz CT molecular complexity index is 615. The van der Waals surface area contributed by atoms with Crippen molar-refractivity contribution in [2.45, 2.75) is 19.4 Å².